The molecule has 1 aromatic heterocycles. The lowest BCUT2D eigenvalue weighted by Crippen LogP contribution is -2.55. The SMILES string of the molecule is C=C(NC1CN2CCC1CC2)c1ccc2cnsc2c1. The number of benzene rings is 1. The molecular weight excluding hydrogens is 266 g/mol. The van der Waals surface area contributed by atoms with Crippen LogP contribution in [0.1, 0.15) is 18.4 Å². The molecule has 3 aliphatic rings. The van der Waals surface area contributed by atoms with Crippen LogP contribution in [0.2, 0.25) is 0 Å². The third-order valence-corrected chi connectivity index (χ3v) is 5.48. The van der Waals surface area contributed by atoms with Crippen molar-refractivity contribution < 1.29 is 0 Å². The zero-order valence-electron chi connectivity index (χ0n) is 11.5. The van der Waals surface area contributed by atoms with Gasteiger partial charge < -0.3 is 10.2 Å². The Morgan fingerprint density at radius 2 is 2.20 bits per heavy atom. The van der Waals surface area contributed by atoms with Gasteiger partial charge in [-0.05, 0) is 55.0 Å². The first-order valence-corrected chi connectivity index (χ1v) is 8.09. The second kappa shape index (κ2) is 4.86. The molecule has 4 heteroatoms. The Kier molecular flexibility index (Phi) is 3.00. The fourth-order valence-electron chi connectivity index (χ4n) is 3.48. The Hall–Kier alpha value is -1.39. The quantitative estimate of drug-likeness (QED) is 0.940. The smallest absolute Gasteiger partial charge is 0.0556 e. The first-order chi connectivity index (χ1) is 9.79. The third-order valence-electron chi connectivity index (χ3n) is 4.72. The van der Waals surface area contributed by atoms with Crippen molar-refractivity contribution >= 4 is 27.3 Å². The van der Waals surface area contributed by atoms with Crippen LogP contribution < -0.4 is 5.32 Å². The van der Waals surface area contributed by atoms with Gasteiger partial charge in [-0.15, -0.1) is 0 Å². The summed E-state index contributed by atoms with van der Waals surface area (Å²) >= 11 is 1.55. The van der Waals surface area contributed by atoms with E-state index in [9.17, 15) is 0 Å². The maximum absolute atomic E-state index is 4.25. The Balaban J connectivity index is 1.52. The van der Waals surface area contributed by atoms with Gasteiger partial charge in [-0.3, -0.25) is 0 Å². The van der Waals surface area contributed by atoms with Crippen LogP contribution in [0.25, 0.3) is 15.8 Å². The van der Waals surface area contributed by atoms with E-state index in [1.165, 1.54) is 48.1 Å². The van der Waals surface area contributed by atoms with Crippen LogP contribution in [0, 0.1) is 5.92 Å². The first kappa shape index (κ1) is 12.4. The molecule has 20 heavy (non-hydrogen) atoms. The summed E-state index contributed by atoms with van der Waals surface area (Å²) in [5, 5.41) is 4.89. The van der Waals surface area contributed by atoms with Crippen LogP contribution >= 0.6 is 11.5 Å². The van der Waals surface area contributed by atoms with Crippen LogP contribution in [0.4, 0.5) is 0 Å². The minimum absolute atomic E-state index is 0.571. The molecule has 104 valence electrons. The van der Waals surface area contributed by atoms with Crippen LogP contribution in [0.5, 0.6) is 0 Å². The number of hydrogen-bond acceptors (Lipinski definition) is 4. The molecule has 1 unspecified atom stereocenters. The molecule has 0 spiro atoms. The highest BCUT2D eigenvalue weighted by Crippen LogP contribution is 2.29. The Bertz CT molecular complexity index is 640. The summed E-state index contributed by atoms with van der Waals surface area (Å²) in [6.07, 6.45) is 4.59. The summed E-state index contributed by atoms with van der Waals surface area (Å²) < 4.78 is 5.47. The highest BCUT2D eigenvalue weighted by atomic mass is 32.1. The summed E-state index contributed by atoms with van der Waals surface area (Å²) in [5.41, 5.74) is 2.25. The first-order valence-electron chi connectivity index (χ1n) is 7.32. The van der Waals surface area contributed by atoms with Crippen molar-refractivity contribution in [1.29, 1.82) is 0 Å². The summed E-state index contributed by atoms with van der Waals surface area (Å²) in [5.74, 6) is 0.823. The lowest BCUT2D eigenvalue weighted by Gasteiger charge is -2.45. The van der Waals surface area contributed by atoms with Gasteiger partial charge in [-0.25, -0.2) is 0 Å². The van der Waals surface area contributed by atoms with E-state index < -0.39 is 0 Å². The van der Waals surface area contributed by atoms with Gasteiger partial charge in [0.2, 0.25) is 0 Å². The van der Waals surface area contributed by atoms with Crippen molar-refractivity contribution in [2.45, 2.75) is 18.9 Å². The van der Waals surface area contributed by atoms with Crippen LogP contribution in [0.15, 0.2) is 31.0 Å². The van der Waals surface area contributed by atoms with E-state index in [0.717, 1.165) is 11.6 Å². The number of fused-ring (bicyclic) bond motifs is 4. The fraction of sp³-hybridized carbons (Fsp3) is 0.438. The highest BCUT2D eigenvalue weighted by Gasteiger charge is 2.34. The normalized spacial score (nSPS) is 28.7. The molecule has 0 saturated carbocycles. The molecule has 0 radical (unpaired) electrons. The van der Waals surface area contributed by atoms with Gasteiger partial charge in [-0.1, -0.05) is 18.7 Å². The lowest BCUT2D eigenvalue weighted by molar-refractivity contribution is 0.0801. The Morgan fingerprint density at radius 1 is 1.35 bits per heavy atom. The summed E-state index contributed by atoms with van der Waals surface area (Å²) in [4.78, 5) is 2.57. The molecule has 1 aromatic carbocycles. The predicted molar refractivity (Wildman–Crippen MR) is 84.7 cm³/mol. The number of rotatable bonds is 3. The zero-order chi connectivity index (χ0) is 13.5. The Morgan fingerprint density at radius 3 is 2.95 bits per heavy atom. The molecular formula is C16H19N3S. The largest absolute Gasteiger partial charge is 0.381 e. The summed E-state index contributed by atoms with van der Waals surface area (Å²) in [6, 6.07) is 7.05. The zero-order valence-corrected chi connectivity index (χ0v) is 12.3. The van der Waals surface area contributed by atoms with E-state index >= 15 is 0 Å². The van der Waals surface area contributed by atoms with Crippen LogP contribution in [-0.4, -0.2) is 34.9 Å². The molecule has 1 atom stereocenters. The number of nitrogens with zero attached hydrogens (tertiary/aromatic N) is 2. The van der Waals surface area contributed by atoms with E-state index in [4.69, 9.17) is 0 Å². The molecule has 0 aliphatic carbocycles. The maximum atomic E-state index is 4.25. The van der Waals surface area contributed by atoms with Crippen LogP contribution in [-0.2, 0) is 0 Å². The molecule has 3 saturated heterocycles. The van der Waals surface area contributed by atoms with E-state index in [2.05, 4.69) is 39.4 Å². The van der Waals surface area contributed by atoms with Gasteiger partial charge in [0, 0.05) is 29.9 Å². The number of piperidine rings is 3. The van der Waals surface area contributed by atoms with Gasteiger partial charge in [0.05, 0.1) is 4.70 Å². The number of nitrogens with one attached hydrogen (secondary N) is 1. The fourth-order valence-corrected chi connectivity index (χ4v) is 4.17. The van der Waals surface area contributed by atoms with Crippen LogP contribution in [0.3, 0.4) is 0 Å². The minimum Gasteiger partial charge on any atom is -0.381 e. The van der Waals surface area contributed by atoms with Gasteiger partial charge in [-0.2, -0.15) is 4.37 Å². The Labute approximate surface area is 123 Å². The average molecular weight is 285 g/mol. The molecule has 5 rings (SSSR count). The lowest BCUT2D eigenvalue weighted by atomic mass is 9.84. The second-order valence-electron chi connectivity index (χ2n) is 5.95. The molecule has 3 aliphatic heterocycles. The van der Waals surface area contributed by atoms with E-state index in [1.807, 2.05) is 6.20 Å². The molecule has 3 fully saturated rings. The average Bonchev–Trinajstić information content (AvgIpc) is 2.96. The van der Waals surface area contributed by atoms with Gasteiger partial charge in [0.1, 0.15) is 0 Å². The molecule has 1 N–H and O–H groups in total. The molecule has 2 bridgehead atoms. The van der Waals surface area contributed by atoms with Crippen molar-refractivity contribution in [3.63, 3.8) is 0 Å². The van der Waals surface area contributed by atoms with Crippen molar-refractivity contribution in [1.82, 2.24) is 14.6 Å². The summed E-state index contributed by atoms with van der Waals surface area (Å²) in [7, 11) is 0. The standard InChI is InChI=1S/C16H19N3S/c1-11(13-2-3-14-9-17-20-16(14)8-13)18-15-10-19-6-4-12(15)5-7-19/h2-3,8-9,12,15,18H,1,4-7,10H2. The van der Waals surface area contributed by atoms with Gasteiger partial charge >= 0.3 is 0 Å². The van der Waals surface area contributed by atoms with Gasteiger partial charge in [0.25, 0.3) is 0 Å². The number of hydrogen-bond donors (Lipinski definition) is 1. The van der Waals surface area contributed by atoms with Crippen molar-refractivity contribution in [2.75, 3.05) is 19.6 Å². The highest BCUT2D eigenvalue weighted by molar-refractivity contribution is 7.13. The summed E-state index contributed by atoms with van der Waals surface area (Å²) in [6.45, 7) is 7.98. The topological polar surface area (TPSA) is 28.2 Å². The molecule has 4 heterocycles. The molecule has 3 nitrogen and oxygen atoms in total. The van der Waals surface area contributed by atoms with Gasteiger partial charge in [0.15, 0.2) is 0 Å². The molecule has 2 aromatic rings. The minimum atomic E-state index is 0.571. The molecule has 0 amide bonds. The monoisotopic (exact) mass is 285 g/mol. The van der Waals surface area contributed by atoms with Crippen molar-refractivity contribution in [3.8, 4) is 0 Å². The second-order valence-corrected chi connectivity index (χ2v) is 6.78. The van der Waals surface area contributed by atoms with E-state index in [0.29, 0.717) is 6.04 Å². The maximum Gasteiger partial charge on any atom is 0.0556 e. The third kappa shape index (κ3) is 2.13. The van der Waals surface area contributed by atoms with E-state index in [-0.39, 0.29) is 0 Å². The predicted octanol–water partition coefficient (Wildman–Crippen LogP) is 2.95. The number of aromatic nitrogens is 1. The van der Waals surface area contributed by atoms with E-state index in [1.54, 1.807) is 11.5 Å². The van der Waals surface area contributed by atoms with Crippen molar-refractivity contribution in [3.05, 3.63) is 36.5 Å². The van der Waals surface area contributed by atoms with Crippen molar-refractivity contribution in [2.24, 2.45) is 5.92 Å².